The van der Waals surface area contributed by atoms with E-state index >= 15 is 0 Å². The Balaban J connectivity index is 2.32. The van der Waals surface area contributed by atoms with Gasteiger partial charge in [-0.1, -0.05) is 37.1 Å². The van der Waals surface area contributed by atoms with E-state index in [1.54, 1.807) is 12.1 Å². The summed E-state index contributed by atoms with van der Waals surface area (Å²) in [5.74, 6) is 1.52. The summed E-state index contributed by atoms with van der Waals surface area (Å²) in [7, 11) is 0. The van der Waals surface area contributed by atoms with Crippen molar-refractivity contribution < 1.29 is 9.84 Å². The molecule has 2 rings (SSSR count). The second-order valence-electron chi connectivity index (χ2n) is 4.93. The van der Waals surface area contributed by atoms with Crippen molar-refractivity contribution in [1.29, 1.82) is 0 Å². The van der Waals surface area contributed by atoms with Crippen LogP contribution in [-0.2, 0) is 6.42 Å². The lowest BCUT2D eigenvalue weighted by atomic mass is 10.1. The van der Waals surface area contributed by atoms with Gasteiger partial charge in [0.25, 0.3) is 0 Å². The fraction of sp³-hybridized carbons (Fsp3) is 0.294. The second kappa shape index (κ2) is 5.79. The van der Waals surface area contributed by atoms with Gasteiger partial charge in [-0.2, -0.15) is 0 Å². The number of phenolic OH excluding ortho intramolecular Hbond substituents is 1. The molecule has 0 aliphatic rings. The average Bonchev–Trinajstić information content (AvgIpc) is 2.36. The highest BCUT2D eigenvalue weighted by Crippen LogP contribution is 2.33. The second-order valence-corrected chi connectivity index (χ2v) is 4.93. The van der Waals surface area contributed by atoms with Crippen molar-refractivity contribution >= 4 is 0 Å². The van der Waals surface area contributed by atoms with Gasteiger partial charge in [-0.25, -0.2) is 0 Å². The van der Waals surface area contributed by atoms with Crippen LogP contribution in [0.25, 0.3) is 0 Å². The van der Waals surface area contributed by atoms with E-state index in [0.29, 0.717) is 5.75 Å². The lowest BCUT2D eigenvalue weighted by molar-refractivity contribution is 0.408. The molecule has 0 radical (unpaired) electrons. The topological polar surface area (TPSA) is 29.5 Å². The molecule has 100 valence electrons. The number of rotatable bonds is 4. The molecule has 19 heavy (non-hydrogen) atoms. The molecule has 0 heterocycles. The van der Waals surface area contributed by atoms with E-state index < -0.39 is 0 Å². The first-order valence-electron chi connectivity index (χ1n) is 6.67. The van der Waals surface area contributed by atoms with E-state index in [1.165, 1.54) is 11.1 Å². The smallest absolute Gasteiger partial charge is 0.169 e. The van der Waals surface area contributed by atoms with Gasteiger partial charge in [-0.3, -0.25) is 0 Å². The maximum Gasteiger partial charge on any atom is 0.169 e. The van der Waals surface area contributed by atoms with Gasteiger partial charge in [-0.05, 0) is 49.6 Å². The zero-order valence-electron chi connectivity index (χ0n) is 11.7. The average molecular weight is 256 g/mol. The van der Waals surface area contributed by atoms with Gasteiger partial charge < -0.3 is 9.84 Å². The number of benzene rings is 2. The van der Waals surface area contributed by atoms with Crippen molar-refractivity contribution in [2.24, 2.45) is 0 Å². The fourth-order valence-corrected chi connectivity index (χ4v) is 2.10. The van der Waals surface area contributed by atoms with Gasteiger partial charge >= 0.3 is 0 Å². The predicted octanol–water partition coefficient (Wildman–Crippen LogP) is 4.75. The predicted molar refractivity (Wildman–Crippen MR) is 78.1 cm³/mol. The Kier molecular flexibility index (Phi) is 4.10. The highest BCUT2D eigenvalue weighted by Gasteiger charge is 2.08. The maximum atomic E-state index is 9.90. The molecule has 0 amide bonds. The van der Waals surface area contributed by atoms with Crippen LogP contribution >= 0.6 is 0 Å². The summed E-state index contributed by atoms with van der Waals surface area (Å²) < 4.78 is 5.85. The zero-order valence-corrected chi connectivity index (χ0v) is 11.7. The van der Waals surface area contributed by atoms with E-state index in [1.807, 2.05) is 25.1 Å². The number of aromatic hydroxyl groups is 1. The molecule has 0 aliphatic heterocycles. The molecular formula is C17H20O2. The largest absolute Gasteiger partial charge is 0.504 e. The number of hydrogen-bond donors (Lipinski definition) is 1. The van der Waals surface area contributed by atoms with E-state index in [0.717, 1.165) is 24.2 Å². The van der Waals surface area contributed by atoms with Crippen molar-refractivity contribution in [1.82, 2.24) is 0 Å². The Morgan fingerprint density at radius 3 is 2.21 bits per heavy atom. The van der Waals surface area contributed by atoms with Crippen LogP contribution in [0.1, 0.15) is 30.0 Å². The van der Waals surface area contributed by atoms with E-state index in [9.17, 15) is 5.11 Å². The van der Waals surface area contributed by atoms with Crippen LogP contribution in [0.2, 0.25) is 0 Å². The molecular weight excluding hydrogens is 236 g/mol. The molecule has 2 aromatic rings. The molecule has 2 nitrogen and oxygen atoms in total. The van der Waals surface area contributed by atoms with Gasteiger partial charge in [0.1, 0.15) is 5.75 Å². The van der Waals surface area contributed by atoms with Crippen LogP contribution in [0.5, 0.6) is 17.2 Å². The summed E-state index contributed by atoms with van der Waals surface area (Å²) in [5.41, 5.74) is 3.42. The molecule has 0 spiro atoms. The monoisotopic (exact) mass is 256 g/mol. The third kappa shape index (κ3) is 3.28. The third-order valence-corrected chi connectivity index (χ3v) is 3.07. The SMILES string of the molecule is CCCc1cc(C)ccc1Oc1ccc(C)cc1O. The standard InChI is InChI=1S/C17H20O2/c1-4-5-14-10-12(2)6-8-16(14)19-17-9-7-13(3)11-15(17)18/h6-11,18H,4-5H2,1-3H3. The normalized spacial score (nSPS) is 10.5. The summed E-state index contributed by atoms with van der Waals surface area (Å²) in [6, 6.07) is 11.6. The lowest BCUT2D eigenvalue weighted by Crippen LogP contribution is -1.93. The molecule has 0 atom stereocenters. The minimum Gasteiger partial charge on any atom is -0.504 e. The van der Waals surface area contributed by atoms with Gasteiger partial charge in [0.15, 0.2) is 11.5 Å². The number of ether oxygens (including phenoxy) is 1. The first-order chi connectivity index (χ1) is 9.10. The van der Waals surface area contributed by atoms with E-state index in [-0.39, 0.29) is 5.75 Å². The molecule has 0 saturated heterocycles. The molecule has 0 aromatic heterocycles. The van der Waals surface area contributed by atoms with Crippen molar-refractivity contribution in [2.75, 3.05) is 0 Å². The van der Waals surface area contributed by atoms with Gasteiger partial charge in [-0.15, -0.1) is 0 Å². The van der Waals surface area contributed by atoms with Crippen LogP contribution in [0, 0.1) is 13.8 Å². The number of phenols is 1. The van der Waals surface area contributed by atoms with Crippen molar-refractivity contribution in [3.05, 3.63) is 53.1 Å². The van der Waals surface area contributed by atoms with Crippen molar-refractivity contribution in [3.8, 4) is 17.2 Å². The molecule has 0 bridgehead atoms. The molecule has 0 fully saturated rings. The Bertz CT molecular complexity index is 573. The van der Waals surface area contributed by atoms with Gasteiger partial charge in [0.2, 0.25) is 0 Å². The van der Waals surface area contributed by atoms with Crippen molar-refractivity contribution in [3.63, 3.8) is 0 Å². The number of hydrogen-bond acceptors (Lipinski definition) is 2. The van der Waals surface area contributed by atoms with Crippen LogP contribution in [0.15, 0.2) is 36.4 Å². The summed E-state index contributed by atoms with van der Waals surface area (Å²) in [6.45, 7) is 6.17. The summed E-state index contributed by atoms with van der Waals surface area (Å²) in [4.78, 5) is 0. The van der Waals surface area contributed by atoms with Crippen molar-refractivity contribution in [2.45, 2.75) is 33.6 Å². The minimum atomic E-state index is 0.183. The summed E-state index contributed by atoms with van der Waals surface area (Å²) in [6.07, 6.45) is 2.04. The van der Waals surface area contributed by atoms with Crippen LogP contribution in [0.3, 0.4) is 0 Å². The Labute approximate surface area is 114 Å². The number of aryl methyl sites for hydroxylation is 3. The van der Waals surface area contributed by atoms with Gasteiger partial charge in [0, 0.05) is 0 Å². The minimum absolute atomic E-state index is 0.183. The molecule has 2 heteroatoms. The van der Waals surface area contributed by atoms with E-state index in [2.05, 4.69) is 19.9 Å². The third-order valence-electron chi connectivity index (χ3n) is 3.07. The molecule has 0 saturated carbocycles. The highest BCUT2D eigenvalue weighted by atomic mass is 16.5. The zero-order chi connectivity index (χ0) is 13.8. The van der Waals surface area contributed by atoms with Crippen LogP contribution in [0.4, 0.5) is 0 Å². The maximum absolute atomic E-state index is 9.90. The van der Waals surface area contributed by atoms with Crippen LogP contribution in [-0.4, -0.2) is 5.11 Å². The fourth-order valence-electron chi connectivity index (χ4n) is 2.10. The molecule has 1 N–H and O–H groups in total. The summed E-state index contributed by atoms with van der Waals surface area (Å²) in [5, 5.41) is 9.90. The molecule has 0 unspecified atom stereocenters. The Hall–Kier alpha value is -1.96. The van der Waals surface area contributed by atoms with E-state index in [4.69, 9.17) is 4.74 Å². The molecule has 0 aliphatic carbocycles. The Morgan fingerprint density at radius 1 is 0.947 bits per heavy atom. The molecule has 2 aromatic carbocycles. The Morgan fingerprint density at radius 2 is 1.58 bits per heavy atom. The lowest BCUT2D eigenvalue weighted by Gasteiger charge is -2.13. The van der Waals surface area contributed by atoms with Crippen LogP contribution < -0.4 is 4.74 Å². The highest BCUT2D eigenvalue weighted by molar-refractivity contribution is 5.46. The quantitative estimate of drug-likeness (QED) is 0.855. The first-order valence-corrected chi connectivity index (χ1v) is 6.67. The first kappa shape index (κ1) is 13.5. The summed E-state index contributed by atoms with van der Waals surface area (Å²) >= 11 is 0. The van der Waals surface area contributed by atoms with Gasteiger partial charge in [0.05, 0.1) is 0 Å².